The van der Waals surface area contributed by atoms with Gasteiger partial charge in [0.1, 0.15) is 5.75 Å². The summed E-state index contributed by atoms with van der Waals surface area (Å²) in [7, 11) is -2.23. The first kappa shape index (κ1) is 24.3. The molecule has 0 aromatic heterocycles. The molecule has 0 radical (unpaired) electrons. The lowest BCUT2D eigenvalue weighted by Crippen LogP contribution is -2.22. The molecule has 0 bridgehead atoms. The molecule has 0 aliphatic carbocycles. The van der Waals surface area contributed by atoms with Crippen molar-refractivity contribution < 1.29 is 22.7 Å². The highest BCUT2D eigenvalue weighted by Gasteiger charge is 2.16. The van der Waals surface area contributed by atoms with E-state index in [1.807, 2.05) is 6.07 Å². The van der Waals surface area contributed by atoms with Crippen LogP contribution in [0.2, 0.25) is 0 Å². The number of sulfonamides is 1. The second-order valence-corrected chi connectivity index (χ2v) is 10.0. The predicted molar refractivity (Wildman–Crippen MR) is 129 cm³/mol. The number of ether oxygens (including phenoxy) is 1. The van der Waals surface area contributed by atoms with Crippen molar-refractivity contribution in [2.24, 2.45) is 5.14 Å². The number of amides is 2. The van der Waals surface area contributed by atoms with Crippen molar-refractivity contribution in [3.63, 3.8) is 0 Å². The van der Waals surface area contributed by atoms with Gasteiger partial charge in [-0.25, -0.2) is 13.6 Å². The third-order valence-electron chi connectivity index (χ3n) is 4.58. The fourth-order valence-electron chi connectivity index (χ4n) is 2.82. The van der Waals surface area contributed by atoms with Crippen LogP contribution in [0.3, 0.4) is 0 Å². The van der Waals surface area contributed by atoms with E-state index in [2.05, 4.69) is 10.6 Å². The van der Waals surface area contributed by atoms with E-state index in [0.29, 0.717) is 22.7 Å². The Labute approximate surface area is 196 Å². The van der Waals surface area contributed by atoms with E-state index in [9.17, 15) is 18.0 Å². The van der Waals surface area contributed by atoms with E-state index in [1.54, 1.807) is 56.5 Å². The first-order chi connectivity index (χ1) is 15.7. The lowest BCUT2D eigenvalue weighted by molar-refractivity contribution is -0.115. The number of hydrogen-bond acceptors (Lipinski definition) is 6. The molecule has 1 atom stereocenters. The normalized spacial score (nSPS) is 12.0. The largest absolute Gasteiger partial charge is 0.497 e. The molecule has 0 heterocycles. The second-order valence-electron chi connectivity index (χ2n) is 7.03. The summed E-state index contributed by atoms with van der Waals surface area (Å²) in [6.45, 7) is 1.75. The number of nitrogens with two attached hydrogens (primary N) is 1. The van der Waals surface area contributed by atoms with Crippen molar-refractivity contribution in [3.05, 3.63) is 78.4 Å². The third kappa shape index (κ3) is 6.82. The zero-order valence-electron chi connectivity index (χ0n) is 17.9. The number of benzene rings is 3. The van der Waals surface area contributed by atoms with Gasteiger partial charge in [-0.3, -0.25) is 9.59 Å². The maximum Gasteiger partial charge on any atom is 0.255 e. The lowest BCUT2D eigenvalue weighted by atomic mass is 10.2. The molecule has 3 aromatic carbocycles. The number of rotatable bonds is 8. The zero-order chi connectivity index (χ0) is 24.0. The lowest BCUT2D eigenvalue weighted by Gasteiger charge is -2.13. The van der Waals surface area contributed by atoms with Crippen molar-refractivity contribution in [2.45, 2.75) is 22.0 Å². The number of anilines is 2. The van der Waals surface area contributed by atoms with E-state index in [1.165, 1.54) is 36.0 Å². The van der Waals surface area contributed by atoms with Gasteiger partial charge in [-0.1, -0.05) is 6.07 Å². The molecule has 0 saturated heterocycles. The minimum atomic E-state index is -3.79. The van der Waals surface area contributed by atoms with Crippen molar-refractivity contribution in [1.29, 1.82) is 0 Å². The molecular formula is C23H23N3O5S2. The Balaban J connectivity index is 1.60. The molecule has 0 saturated carbocycles. The van der Waals surface area contributed by atoms with Crippen LogP contribution in [0.1, 0.15) is 17.3 Å². The first-order valence-electron chi connectivity index (χ1n) is 9.81. The second kappa shape index (κ2) is 10.5. The third-order valence-corrected chi connectivity index (χ3v) is 6.60. The molecule has 33 heavy (non-hydrogen) atoms. The van der Waals surface area contributed by atoms with E-state index < -0.39 is 15.3 Å². The van der Waals surface area contributed by atoms with Crippen LogP contribution in [-0.4, -0.2) is 32.6 Å². The smallest absolute Gasteiger partial charge is 0.255 e. The minimum absolute atomic E-state index is 0.0311. The molecule has 0 fully saturated rings. The number of nitrogens with one attached hydrogen (secondary N) is 2. The molecule has 0 spiro atoms. The molecule has 0 aliphatic rings. The van der Waals surface area contributed by atoms with Crippen LogP contribution in [0.25, 0.3) is 0 Å². The minimum Gasteiger partial charge on any atom is -0.497 e. The van der Waals surface area contributed by atoms with E-state index in [4.69, 9.17) is 9.88 Å². The maximum absolute atomic E-state index is 12.5. The molecule has 10 heteroatoms. The molecule has 3 aromatic rings. The number of carbonyl (C=O) groups is 2. The summed E-state index contributed by atoms with van der Waals surface area (Å²) in [5.74, 6) is 0.155. The summed E-state index contributed by atoms with van der Waals surface area (Å²) >= 11 is 1.32. The Morgan fingerprint density at radius 3 is 2.21 bits per heavy atom. The summed E-state index contributed by atoms with van der Waals surface area (Å²) in [5, 5.41) is 10.2. The van der Waals surface area contributed by atoms with E-state index in [0.717, 1.165) is 4.90 Å². The highest BCUT2D eigenvalue weighted by molar-refractivity contribution is 8.00. The van der Waals surface area contributed by atoms with Gasteiger partial charge in [-0.05, 0) is 73.7 Å². The molecule has 172 valence electrons. The number of methoxy groups -OCH3 is 1. The predicted octanol–water partition coefficient (Wildman–Crippen LogP) is 3.71. The number of primary sulfonamides is 1. The highest BCUT2D eigenvalue weighted by Crippen LogP contribution is 2.27. The van der Waals surface area contributed by atoms with Crippen LogP contribution in [0, 0.1) is 0 Å². The fraction of sp³-hybridized carbons (Fsp3) is 0.130. The number of carbonyl (C=O) groups excluding carboxylic acids is 2. The summed E-state index contributed by atoms with van der Waals surface area (Å²) in [6, 6.07) is 19.6. The maximum atomic E-state index is 12.5. The highest BCUT2D eigenvalue weighted by atomic mass is 32.2. The Morgan fingerprint density at radius 2 is 1.61 bits per heavy atom. The van der Waals surface area contributed by atoms with Crippen LogP contribution < -0.4 is 20.5 Å². The topological polar surface area (TPSA) is 128 Å². The SMILES string of the molecule is COc1ccc(C(=O)Nc2cccc(SC(C)C(=O)Nc3ccc(S(N)(=O)=O)cc3)c2)cc1. The number of hydrogen-bond donors (Lipinski definition) is 3. The number of thioether (sulfide) groups is 1. The van der Waals surface area contributed by atoms with Crippen molar-refractivity contribution in [1.82, 2.24) is 0 Å². The van der Waals surface area contributed by atoms with Crippen LogP contribution >= 0.6 is 11.8 Å². The van der Waals surface area contributed by atoms with Gasteiger partial charge in [0.15, 0.2) is 0 Å². The van der Waals surface area contributed by atoms with Gasteiger partial charge in [-0.2, -0.15) is 0 Å². The van der Waals surface area contributed by atoms with Crippen LogP contribution in [0.5, 0.6) is 5.75 Å². The monoisotopic (exact) mass is 485 g/mol. The fourth-order valence-corrected chi connectivity index (χ4v) is 4.26. The van der Waals surface area contributed by atoms with Crippen molar-refractivity contribution in [2.75, 3.05) is 17.7 Å². The molecule has 8 nitrogen and oxygen atoms in total. The molecule has 0 aliphatic heterocycles. The quantitative estimate of drug-likeness (QED) is 0.417. The van der Waals surface area contributed by atoms with Crippen LogP contribution in [0.4, 0.5) is 11.4 Å². The van der Waals surface area contributed by atoms with E-state index in [-0.39, 0.29) is 16.7 Å². The van der Waals surface area contributed by atoms with Crippen LogP contribution in [0.15, 0.2) is 82.6 Å². The van der Waals surface area contributed by atoms with Gasteiger partial charge in [0.25, 0.3) is 5.91 Å². The Hall–Kier alpha value is -3.34. The van der Waals surface area contributed by atoms with Crippen LogP contribution in [-0.2, 0) is 14.8 Å². The zero-order valence-corrected chi connectivity index (χ0v) is 19.6. The van der Waals surface area contributed by atoms with Gasteiger partial charge < -0.3 is 15.4 Å². The van der Waals surface area contributed by atoms with Gasteiger partial charge in [0.05, 0.1) is 17.3 Å². The Kier molecular flexibility index (Phi) is 7.75. The standard InChI is InChI=1S/C23H23N3O5S2/c1-15(22(27)25-17-8-12-21(13-9-17)33(24,29)30)32-20-5-3-4-18(14-20)26-23(28)16-6-10-19(31-2)11-7-16/h3-15H,1-2H3,(H,25,27)(H,26,28)(H2,24,29,30). The Morgan fingerprint density at radius 1 is 0.939 bits per heavy atom. The van der Waals surface area contributed by atoms with Crippen molar-refractivity contribution in [3.8, 4) is 5.75 Å². The van der Waals surface area contributed by atoms with Crippen molar-refractivity contribution >= 4 is 45.0 Å². The van der Waals surface area contributed by atoms with Gasteiger partial charge >= 0.3 is 0 Å². The first-order valence-corrected chi connectivity index (χ1v) is 12.2. The molecule has 1 unspecified atom stereocenters. The molecular weight excluding hydrogens is 462 g/mol. The summed E-state index contributed by atoms with van der Waals surface area (Å²) < 4.78 is 27.8. The summed E-state index contributed by atoms with van der Waals surface area (Å²) in [6.07, 6.45) is 0. The summed E-state index contributed by atoms with van der Waals surface area (Å²) in [5.41, 5.74) is 1.56. The van der Waals surface area contributed by atoms with Gasteiger partial charge in [0, 0.05) is 21.8 Å². The average Bonchev–Trinajstić information content (AvgIpc) is 2.79. The van der Waals surface area contributed by atoms with E-state index >= 15 is 0 Å². The molecule has 4 N–H and O–H groups in total. The average molecular weight is 486 g/mol. The molecule has 3 rings (SSSR count). The van der Waals surface area contributed by atoms with Gasteiger partial charge in [-0.15, -0.1) is 11.8 Å². The van der Waals surface area contributed by atoms with Gasteiger partial charge in [0.2, 0.25) is 15.9 Å². The molecule has 2 amide bonds. The Bertz CT molecular complexity index is 1240. The summed E-state index contributed by atoms with van der Waals surface area (Å²) in [4.78, 5) is 25.8.